The first-order chi connectivity index (χ1) is 28.6. The SMILES string of the molecule is C=C1/C=C\C=C/Cc2ccc(-c3cc(-c4ccc(-c5ccc(C#N)cc5)cc4)c4cc(-c5ccc6c(c5)C(C)(C)c5ccccc5-6)c5ccccc5c4n3)cc2C1(C)C. The van der Waals surface area contributed by atoms with Gasteiger partial charge < -0.3 is 0 Å². The molecule has 2 aliphatic carbocycles. The molecule has 0 N–H and O–H groups in total. The molecule has 1 aromatic heterocycles. The maximum atomic E-state index is 9.38. The van der Waals surface area contributed by atoms with Crippen LogP contribution in [0.2, 0.25) is 0 Å². The molecule has 0 bridgehead atoms. The Morgan fingerprint density at radius 1 is 0.525 bits per heavy atom. The van der Waals surface area contributed by atoms with E-state index >= 15 is 0 Å². The largest absolute Gasteiger partial charge is 0.247 e. The number of fused-ring (bicyclic) bond motifs is 7. The van der Waals surface area contributed by atoms with E-state index in [1.807, 2.05) is 24.3 Å². The van der Waals surface area contributed by atoms with Gasteiger partial charge in [-0.3, -0.25) is 0 Å². The summed E-state index contributed by atoms with van der Waals surface area (Å²) in [5, 5.41) is 12.8. The Hall–Kier alpha value is -7.08. The van der Waals surface area contributed by atoms with Crippen LogP contribution in [0.25, 0.3) is 77.4 Å². The monoisotopic (exact) mass is 756 g/mol. The fraction of sp³-hybridized carbons (Fsp3) is 0.123. The smallest absolute Gasteiger partial charge is 0.0991 e. The van der Waals surface area contributed by atoms with Gasteiger partial charge in [0.05, 0.1) is 22.8 Å². The highest BCUT2D eigenvalue weighted by molar-refractivity contribution is 6.16. The molecule has 0 unspecified atom stereocenters. The van der Waals surface area contributed by atoms with Gasteiger partial charge in [-0.25, -0.2) is 4.98 Å². The molecule has 2 heteroatoms. The summed E-state index contributed by atoms with van der Waals surface area (Å²) in [6, 6.07) is 55.1. The van der Waals surface area contributed by atoms with E-state index in [9.17, 15) is 5.26 Å². The van der Waals surface area contributed by atoms with Gasteiger partial charge in [-0.1, -0.05) is 168 Å². The summed E-state index contributed by atoms with van der Waals surface area (Å²) in [7, 11) is 0. The first-order valence-electron chi connectivity index (χ1n) is 20.5. The highest BCUT2D eigenvalue weighted by Gasteiger charge is 2.35. The van der Waals surface area contributed by atoms with Gasteiger partial charge in [0.15, 0.2) is 0 Å². The second kappa shape index (κ2) is 13.8. The van der Waals surface area contributed by atoms with Crippen molar-refractivity contribution < 1.29 is 0 Å². The number of hydrogen-bond donors (Lipinski definition) is 0. The third kappa shape index (κ3) is 5.97. The van der Waals surface area contributed by atoms with E-state index in [1.54, 1.807) is 0 Å². The van der Waals surface area contributed by atoms with Crippen molar-refractivity contribution in [1.82, 2.24) is 4.98 Å². The molecule has 282 valence electrons. The van der Waals surface area contributed by atoms with Crippen LogP contribution in [0.1, 0.15) is 55.5 Å². The number of aromatic nitrogens is 1. The zero-order chi connectivity index (χ0) is 40.5. The second-order valence-corrected chi connectivity index (χ2v) is 17.1. The van der Waals surface area contributed by atoms with E-state index in [-0.39, 0.29) is 10.8 Å². The van der Waals surface area contributed by atoms with Crippen molar-refractivity contribution in [3.8, 4) is 61.8 Å². The molecule has 0 saturated carbocycles. The Kier molecular flexibility index (Phi) is 8.48. The Morgan fingerprint density at radius 2 is 1.15 bits per heavy atom. The third-order valence-electron chi connectivity index (χ3n) is 13.0. The van der Waals surface area contributed by atoms with Crippen LogP contribution in [0.3, 0.4) is 0 Å². The molecule has 0 spiro atoms. The van der Waals surface area contributed by atoms with Crippen LogP contribution in [0.4, 0.5) is 0 Å². The van der Waals surface area contributed by atoms with Gasteiger partial charge in [0.2, 0.25) is 0 Å². The summed E-state index contributed by atoms with van der Waals surface area (Å²) in [4.78, 5) is 5.58. The average Bonchev–Trinajstić information content (AvgIpc) is 3.52. The highest BCUT2D eigenvalue weighted by Crippen LogP contribution is 2.50. The van der Waals surface area contributed by atoms with Crippen molar-refractivity contribution in [1.29, 1.82) is 5.26 Å². The summed E-state index contributed by atoms with van der Waals surface area (Å²) in [6.45, 7) is 13.7. The first-order valence-corrected chi connectivity index (χ1v) is 20.5. The lowest BCUT2D eigenvalue weighted by Crippen LogP contribution is -2.20. The maximum absolute atomic E-state index is 9.38. The predicted molar refractivity (Wildman–Crippen MR) is 247 cm³/mol. The minimum atomic E-state index is -0.262. The van der Waals surface area contributed by atoms with Crippen molar-refractivity contribution in [3.63, 3.8) is 0 Å². The van der Waals surface area contributed by atoms with Gasteiger partial charge in [0.1, 0.15) is 0 Å². The Labute approximate surface area is 347 Å². The van der Waals surface area contributed by atoms with Crippen LogP contribution in [0.15, 0.2) is 182 Å². The molecule has 7 aromatic carbocycles. The molecule has 0 saturated heterocycles. The van der Waals surface area contributed by atoms with Crippen molar-refractivity contribution in [3.05, 3.63) is 210 Å². The summed E-state index contributed by atoms with van der Waals surface area (Å²) < 4.78 is 0. The maximum Gasteiger partial charge on any atom is 0.0991 e. The zero-order valence-corrected chi connectivity index (χ0v) is 34.0. The van der Waals surface area contributed by atoms with E-state index in [1.165, 1.54) is 49.9 Å². The van der Waals surface area contributed by atoms with Gasteiger partial charge in [-0.15, -0.1) is 0 Å². The molecule has 0 radical (unpaired) electrons. The van der Waals surface area contributed by atoms with Gasteiger partial charge in [-0.05, 0) is 121 Å². The molecule has 2 aliphatic rings. The summed E-state index contributed by atoms with van der Waals surface area (Å²) in [5.74, 6) is 0. The number of nitrogens with zero attached hydrogens (tertiary/aromatic N) is 2. The van der Waals surface area contributed by atoms with Gasteiger partial charge in [0.25, 0.3) is 0 Å². The molecule has 1 heterocycles. The van der Waals surface area contributed by atoms with Gasteiger partial charge in [0, 0.05) is 27.2 Å². The van der Waals surface area contributed by atoms with Crippen LogP contribution < -0.4 is 0 Å². The van der Waals surface area contributed by atoms with E-state index < -0.39 is 0 Å². The third-order valence-corrected chi connectivity index (χ3v) is 13.0. The highest BCUT2D eigenvalue weighted by atomic mass is 14.7. The van der Waals surface area contributed by atoms with Crippen molar-refractivity contribution >= 4 is 21.7 Å². The topological polar surface area (TPSA) is 36.7 Å². The van der Waals surface area contributed by atoms with Gasteiger partial charge in [-0.2, -0.15) is 5.26 Å². The standard InChI is InChI=1S/C57H44N2/c1-36-13-7-6-8-14-41-27-28-43(32-52(41)56(36,2)3)54-34-49(40-25-23-39(24-26-40)38-21-19-37(35-58)20-22-38)50-33-48(44-15-9-10-17-47(44)55(50)59-54)42-29-30-46-45-16-11-12-18-51(45)57(4,5)53(46)31-42/h6-13,15-34H,1,14H2,2-5H3/b8-6-,13-7-. The number of allylic oxidation sites excluding steroid dienone is 5. The molecule has 2 nitrogen and oxygen atoms in total. The first kappa shape index (κ1) is 36.3. The number of benzene rings is 7. The van der Waals surface area contributed by atoms with Crippen LogP contribution >= 0.6 is 0 Å². The minimum Gasteiger partial charge on any atom is -0.247 e. The quantitative estimate of drug-likeness (QED) is 0.168. The fourth-order valence-electron chi connectivity index (χ4n) is 9.45. The van der Waals surface area contributed by atoms with Crippen molar-refractivity contribution in [2.75, 3.05) is 0 Å². The van der Waals surface area contributed by atoms with Crippen molar-refractivity contribution in [2.45, 2.75) is 44.9 Å². The minimum absolute atomic E-state index is 0.105. The zero-order valence-electron chi connectivity index (χ0n) is 34.0. The summed E-state index contributed by atoms with van der Waals surface area (Å²) in [6.07, 6.45) is 9.44. The molecule has 10 rings (SSSR count). The van der Waals surface area contributed by atoms with Crippen molar-refractivity contribution in [2.24, 2.45) is 0 Å². The molecule has 8 aromatic rings. The Morgan fingerprint density at radius 3 is 1.93 bits per heavy atom. The summed E-state index contributed by atoms with van der Waals surface area (Å²) in [5.41, 5.74) is 19.2. The Bertz CT molecular complexity index is 3130. The fourth-order valence-corrected chi connectivity index (χ4v) is 9.45. The van der Waals surface area contributed by atoms with Crippen LogP contribution in [0.5, 0.6) is 0 Å². The number of hydrogen-bond acceptors (Lipinski definition) is 2. The van der Waals surface area contributed by atoms with E-state index in [4.69, 9.17) is 4.98 Å². The number of nitriles is 1. The van der Waals surface area contributed by atoms with E-state index in [0.29, 0.717) is 5.56 Å². The van der Waals surface area contributed by atoms with Crippen LogP contribution in [0, 0.1) is 11.3 Å². The molecule has 59 heavy (non-hydrogen) atoms. The predicted octanol–water partition coefficient (Wildman–Crippen LogP) is 14.7. The molecule has 0 fully saturated rings. The second-order valence-electron chi connectivity index (χ2n) is 17.1. The Balaban J connectivity index is 1.20. The lowest BCUT2D eigenvalue weighted by molar-refractivity contribution is 0.635. The normalized spacial score (nSPS) is 15.9. The molecule has 0 aliphatic heterocycles. The van der Waals surface area contributed by atoms with Crippen LogP contribution in [-0.2, 0) is 17.3 Å². The van der Waals surface area contributed by atoms with Gasteiger partial charge >= 0.3 is 0 Å². The van der Waals surface area contributed by atoms with E-state index in [0.717, 1.165) is 61.8 Å². The molecule has 0 amide bonds. The lowest BCUT2D eigenvalue weighted by Gasteiger charge is -2.29. The summed E-state index contributed by atoms with van der Waals surface area (Å²) >= 11 is 0. The molecular weight excluding hydrogens is 713 g/mol. The lowest BCUT2D eigenvalue weighted by atomic mass is 9.75. The molecule has 0 atom stereocenters. The van der Waals surface area contributed by atoms with E-state index in [2.05, 4.69) is 186 Å². The number of pyridine rings is 1. The molecular formula is C57H44N2. The number of rotatable bonds is 4. The van der Waals surface area contributed by atoms with Crippen LogP contribution in [-0.4, -0.2) is 4.98 Å². The average molecular weight is 757 g/mol.